The zero-order chi connectivity index (χ0) is 27.1. The molecule has 0 amide bonds. The predicted octanol–water partition coefficient (Wildman–Crippen LogP) is 5.83. The van der Waals surface area contributed by atoms with Gasteiger partial charge in [-0.3, -0.25) is 9.74 Å². The number of fused-ring (bicyclic) bond motifs is 6. The fourth-order valence-corrected chi connectivity index (χ4v) is 6.83. The van der Waals surface area contributed by atoms with Gasteiger partial charge in [-0.15, -0.1) is 0 Å². The first-order valence-electron chi connectivity index (χ1n) is 12.7. The van der Waals surface area contributed by atoms with Crippen molar-refractivity contribution in [3.8, 4) is 11.5 Å². The number of likely N-dealkylation sites (tertiary alicyclic amines) is 1. The molecule has 6 rings (SSSR count). The van der Waals surface area contributed by atoms with E-state index in [9.17, 15) is 0 Å². The Balaban J connectivity index is 0.000000162. The monoisotopic (exact) mass is 734 g/mol. The van der Waals surface area contributed by atoms with Gasteiger partial charge in [0.1, 0.15) is 11.5 Å². The molecule has 2 aromatic carbocycles. The highest BCUT2D eigenvalue weighted by molar-refractivity contribution is 15.0. The van der Waals surface area contributed by atoms with Crippen LogP contribution in [0.15, 0.2) is 36.4 Å². The Morgan fingerprint density at radius 2 is 1.30 bits per heavy atom. The Bertz CT molecular complexity index is 1120. The van der Waals surface area contributed by atoms with Gasteiger partial charge in [0.25, 0.3) is 0 Å². The van der Waals surface area contributed by atoms with Gasteiger partial charge >= 0.3 is 0 Å². The molecular weight excluding hydrogens is 694 g/mol. The number of hydroxylamine groups is 2. The standard InChI is InChI=1S/C14H20N2O2.C14H20N2O.I2/c1-14-7-8-15(2)18-13(14)16(3)12-6-5-10(17-4)9-11(12)14;1-14-7-8-15(2)13(14)16(3)12-6-5-10(17-4)9-11(12)14;1-2/h5-6,9,13H,7-8H2,1-4H3;5-6,9,13H,7-8H2,1-4H3;/t2*13?,14-;/m00./s1. The smallest absolute Gasteiger partial charge is 0.160 e. The van der Waals surface area contributed by atoms with E-state index in [4.69, 9.17) is 14.3 Å². The summed E-state index contributed by atoms with van der Waals surface area (Å²) in [6.45, 7) is 6.79. The zero-order valence-corrected chi connectivity index (χ0v) is 27.5. The molecule has 2 fully saturated rings. The SMILES string of the molecule is COc1ccc2c(c1)[C@]1(C)CCN(C)C1N2C.COc1ccc2c(c1)[C@]1(C)CCN(C)OC1N2C.II. The summed E-state index contributed by atoms with van der Waals surface area (Å²) in [5.41, 5.74) is 5.66. The highest BCUT2D eigenvalue weighted by atomic mass is 128. The normalized spacial score (nSPS) is 29.8. The molecule has 0 saturated carbocycles. The van der Waals surface area contributed by atoms with Crippen molar-refractivity contribution in [2.24, 2.45) is 0 Å². The van der Waals surface area contributed by atoms with Crippen molar-refractivity contribution in [1.82, 2.24) is 9.96 Å². The van der Waals surface area contributed by atoms with Crippen LogP contribution >= 0.6 is 37.2 Å². The summed E-state index contributed by atoms with van der Waals surface area (Å²) < 4.78 is 10.7. The Labute approximate surface area is 245 Å². The number of benzene rings is 2. The molecule has 4 atom stereocenters. The van der Waals surface area contributed by atoms with Crippen molar-refractivity contribution >= 4 is 48.6 Å². The van der Waals surface area contributed by atoms with Crippen molar-refractivity contribution in [1.29, 1.82) is 0 Å². The number of likely N-dealkylation sites (N-methyl/N-ethyl adjacent to an activating group) is 3. The number of hydrogen-bond donors (Lipinski definition) is 0. The summed E-state index contributed by atoms with van der Waals surface area (Å²) in [5.74, 6) is 1.89. The lowest BCUT2D eigenvalue weighted by molar-refractivity contribution is -0.226. The average Bonchev–Trinajstić information content (AvgIpc) is 3.44. The molecule has 4 aliphatic rings. The summed E-state index contributed by atoms with van der Waals surface area (Å²) in [7, 11) is 12.0. The summed E-state index contributed by atoms with van der Waals surface area (Å²) in [4.78, 5) is 13.1. The van der Waals surface area contributed by atoms with Crippen LogP contribution in [0.25, 0.3) is 0 Å². The predicted molar refractivity (Wildman–Crippen MR) is 169 cm³/mol. The molecule has 4 aliphatic heterocycles. The largest absolute Gasteiger partial charge is 0.497 e. The number of ether oxygens (including phenoxy) is 2. The highest BCUT2D eigenvalue weighted by Gasteiger charge is 2.52. The minimum absolute atomic E-state index is 0.0468. The third-order valence-electron chi connectivity index (χ3n) is 8.86. The average molecular weight is 734 g/mol. The van der Waals surface area contributed by atoms with Gasteiger partial charge in [0.15, 0.2) is 6.23 Å². The van der Waals surface area contributed by atoms with Crippen molar-refractivity contribution in [2.45, 2.75) is 49.9 Å². The van der Waals surface area contributed by atoms with Crippen molar-refractivity contribution in [3.63, 3.8) is 0 Å². The zero-order valence-electron chi connectivity index (χ0n) is 23.2. The molecule has 2 aromatic rings. The third-order valence-corrected chi connectivity index (χ3v) is 8.86. The number of rotatable bonds is 2. The first-order chi connectivity index (χ1) is 17.6. The molecule has 9 heteroatoms. The van der Waals surface area contributed by atoms with E-state index < -0.39 is 0 Å². The molecule has 4 heterocycles. The molecule has 0 N–H and O–H groups in total. The topological polar surface area (TPSA) is 40.6 Å². The van der Waals surface area contributed by atoms with Gasteiger partial charge in [-0.05, 0) is 67.4 Å². The minimum Gasteiger partial charge on any atom is -0.497 e. The molecule has 0 bridgehead atoms. The summed E-state index contributed by atoms with van der Waals surface area (Å²) in [6, 6.07) is 12.7. The Morgan fingerprint density at radius 3 is 1.86 bits per heavy atom. The van der Waals surface area contributed by atoms with Crippen molar-refractivity contribution in [2.75, 3.05) is 65.3 Å². The molecule has 0 aromatic heterocycles. The molecule has 0 radical (unpaired) electrons. The van der Waals surface area contributed by atoms with Gasteiger partial charge in [0.2, 0.25) is 0 Å². The van der Waals surface area contributed by atoms with Crippen LogP contribution in [0.2, 0.25) is 0 Å². The maximum atomic E-state index is 6.00. The number of nitrogens with zero attached hydrogens (tertiary/aromatic N) is 4. The van der Waals surface area contributed by atoms with Crippen LogP contribution in [0.3, 0.4) is 0 Å². The van der Waals surface area contributed by atoms with Crippen LogP contribution in [0.5, 0.6) is 11.5 Å². The second-order valence-electron chi connectivity index (χ2n) is 11.0. The molecule has 37 heavy (non-hydrogen) atoms. The van der Waals surface area contributed by atoms with Gasteiger partial charge in [0.05, 0.1) is 20.4 Å². The lowest BCUT2D eigenvalue weighted by atomic mass is 9.79. The van der Waals surface area contributed by atoms with Crippen LogP contribution in [-0.4, -0.2) is 77.9 Å². The first-order valence-corrected chi connectivity index (χ1v) is 19.0. The van der Waals surface area contributed by atoms with E-state index in [0.29, 0.717) is 6.17 Å². The Hall–Kier alpha value is -1.02. The van der Waals surface area contributed by atoms with Gasteiger partial charge in [-0.1, -0.05) is 13.8 Å². The molecule has 0 spiro atoms. The lowest BCUT2D eigenvalue weighted by Gasteiger charge is -2.42. The first kappa shape index (κ1) is 29.0. The third kappa shape index (κ3) is 4.81. The molecule has 2 unspecified atom stereocenters. The molecule has 204 valence electrons. The second-order valence-corrected chi connectivity index (χ2v) is 11.0. The van der Waals surface area contributed by atoms with Crippen LogP contribution in [-0.2, 0) is 15.7 Å². The van der Waals surface area contributed by atoms with E-state index in [0.717, 1.165) is 24.5 Å². The number of anilines is 2. The van der Waals surface area contributed by atoms with Crippen LogP contribution in [0, 0.1) is 0 Å². The fraction of sp³-hybridized carbons (Fsp3) is 0.571. The maximum absolute atomic E-state index is 6.00. The summed E-state index contributed by atoms with van der Waals surface area (Å²) >= 11 is 4.24. The van der Waals surface area contributed by atoms with Crippen molar-refractivity contribution in [3.05, 3.63) is 47.5 Å². The molecule has 0 aliphatic carbocycles. The van der Waals surface area contributed by atoms with Crippen LogP contribution in [0.4, 0.5) is 11.4 Å². The van der Waals surface area contributed by atoms with Gasteiger partial charge in [-0.25, -0.2) is 0 Å². The van der Waals surface area contributed by atoms with Gasteiger partial charge in [-0.2, -0.15) is 5.06 Å². The summed E-state index contributed by atoms with van der Waals surface area (Å²) in [5, 5.41) is 1.94. The number of halogens is 2. The van der Waals surface area contributed by atoms with E-state index in [2.05, 4.69) is 117 Å². The minimum atomic E-state index is 0.0468. The van der Waals surface area contributed by atoms with Gasteiger partial charge in [0, 0.05) is 93.7 Å². The lowest BCUT2D eigenvalue weighted by Crippen LogP contribution is -2.52. The molecule has 2 saturated heterocycles. The van der Waals surface area contributed by atoms with E-state index >= 15 is 0 Å². The number of methoxy groups -OCH3 is 2. The molecule has 7 nitrogen and oxygen atoms in total. The van der Waals surface area contributed by atoms with Crippen LogP contribution in [0.1, 0.15) is 37.8 Å². The Morgan fingerprint density at radius 1 is 0.784 bits per heavy atom. The quantitative estimate of drug-likeness (QED) is 0.360. The van der Waals surface area contributed by atoms with Crippen molar-refractivity contribution < 1.29 is 14.3 Å². The highest BCUT2D eigenvalue weighted by Crippen LogP contribution is 2.52. The van der Waals surface area contributed by atoms with E-state index in [1.807, 2.05) is 18.2 Å². The Kier molecular flexibility index (Phi) is 8.79. The number of hydrogen-bond acceptors (Lipinski definition) is 7. The summed E-state index contributed by atoms with van der Waals surface area (Å²) in [6.07, 6.45) is 2.89. The second kappa shape index (κ2) is 11.2. The van der Waals surface area contributed by atoms with E-state index in [1.165, 1.54) is 35.5 Å². The van der Waals surface area contributed by atoms with E-state index in [1.54, 1.807) is 14.2 Å². The molecular formula is C28H40I2N4O3. The van der Waals surface area contributed by atoms with Gasteiger partial charge < -0.3 is 19.3 Å². The fourth-order valence-electron chi connectivity index (χ4n) is 6.83. The van der Waals surface area contributed by atoms with Crippen LogP contribution < -0.4 is 19.3 Å². The maximum Gasteiger partial charge on any atom is 0.160 e. The van der Waals surface area contributed by atoms with E-state index in [-0.39, 0.29) is 17.1 Å².